The van der Waals surface area contributed by atoms with E-state index in [1.54, 1.807) is 6.21 Å². The summed E-state index contributed by atoms with van der Waals surface area (Å²) >= 11 is 7.07. The van der Waals surface area contributed by atoms with Crippen molar-refractivity contribution >= 4 is 34.7 Å². The highest BCUT2D eigenvalue weighted by atomic mass is 35.5. The number of oxime groups is 1. The lowest BCUT2D eigenvalue weighted by Gasteiger charge is -2.03. The van der Waals surface area contributed by atoms with E-state index >= 15 is 0 Å². The van der Waals surface area contributed by atoms with Crippen LogP contribution in [0.25, 0.3) is 0 Å². The molecule has 0 N–H and O–H groups in total. The molecular weight excluding hydrogens is 306 g/mol. The molecule has 0 bridgehead atoms. The van der Waals surface area contributed by atoms with Gasteiger partial charge in [-0.15, -0.1) is 0 Å². The Hall–Kier alpha value is -1.78. The maximum atomic E-state index is 11.8. The summed E-state index contributed by atoms with van der Waals surface area (Å²) < 4.78 is 0. The van der Waals surface area contributed by atoms with E-state index in [1.807, 2.05) is 48.5 Å². The molecule has 1 aliphatic rings. The summed E-state index contributed by atoms with van der Waals surface area (Å²) in [6, 6.07) is 15.0. The van der Waals surface area contributed by atoms with Crippen LogP contribution in [-0.2, 0) is 11.4 Å². The smallest absolute Gasteiger partial charge is 0.220 e. The minimum absolute atomic E-state index is 0.0704. The van der Waals surface area contributed by atoms with Gasteiger partial charge in [-0.3, -0.25) is 4.79 Å². The summed E-state index contributed by atoms with van der Waals surface area (Å²) in [4.78, 5) is 17.1. The number of hydrogen-bond donors (Lipinski definition) is 0. The van der Waals surface area contributed by atoms with Crippen LogP contribution in [0.15, 0.2) is 53.7 Å². The third-order valence-corrected chi connectivity index (χ3v) is 4.45. The van der Waals surface area contributed by atoms with E-state index in [1.165, 1.54) is 11.8 Å². The standard InChI is InChI=1S/C16H12ClNO2S/c17-12-7-5-11(6-8-12)10-20-18-9-15-13-3-1-2-4-14(13)16(19)21-15/h1-9,15H,10H2/b18-9-/t15-/m1/s1. The van der Waals surface area contributed by atoms with Crippen molar-refractivity contribution in [1.29, 1.82) is 0 Å². The van der Waals surface area contributed by atoms with Crippen molar-refractivity contribution in [2.75, 3.05) is 0 Å². The summed E-state index contributed by atoms with van der Waals surface area (Å²) in [5.41, 5.74) is 2.75. The Morgan fingerprint density at radius 1 is 1.19 bits per heavy atom. The van der Waals surface area contributed by atoms with Crippen molar-refractivity contribution in [3.05, 3.63) is 70.2 Å². The van der Waals surface area contributed by atoms with Crippen LogP contribution in [0.5, 0.6) is 0 Å². The van der Waals surface area contributed by atoms with E-state index in [0.717, 1.165) is 16.7 Å². The second kappa shape index (κ2) is 6.33. The molecule has 2 aromatic carbocycles. The second-order valence-electron chi connectivity index (χ2n) is 4.57. The largest absolute Gasteiger partial charge is 0.391 e. The number of hydrogen-bond acceptors (Lipinski definition) is 4. The fourth-order valence-electron chi connectivity index (χ4n) is 2.07. The molecule has 0 aliphatic carbocycles. The van der Waals surface area contributed by atoms with Crippen molar-refractivity contribution in [3.63, 3.8) is 0 Å². The van der Waals surface area contributed by atoms with Gasteiger partial charge < -0.3 is 4.84 Å². The van der Waals surface area contributed by atoms with Crippen LogP contribution in [0.2, 0.25) is 5.02 Å². The van der Waals surface area contributed by atoms with E-state index in [2.05, 4.69) is 5.16 Å². The summed E-state index contributed by atoms with van der Waals surface area (Å²) in [5.74, 6) is 0. The molecule has 0 saturated carbocycles. The van der Waals surface area contributed by atoms with Crippen LogP contribution < -0.4 is 0 Å². The van der Waals surface area contributed by atoms with Gasteiger partial charge in [0.1, 0.15) is 6.61 Å². The zero-order valence-electron chi connectivity index (χ0n) is 11.0. The molecule has 0 radical (unpaired) electrons. The van der Waals surface area contributed by atoms with Gasteiger partial charge in [0.2, 0.25) is 5.12 Å². The first kappa shape index (κ1) is 14.2. The fraction of sp³-hybridized carbons (Fsp3) is 0.125. The highest BCUT2D eigenvalue weighted by Crippen LogP contribution is 2.39. The van der Waals surface area contributed by atoms with Crippen LogP contribution in [0.3, 0.4) is 0 Å². The van der Waals surface area contributed by atoms with E-state index in [-0.39, 0.29) is 10.4 Å². The van der Waals surface area contributed by atoms with E-state index in [4.69, 9.17) is 16.4 Å². The Kier molecular flexibility index (Phi) is 4.27. The average Bonchev–Trinajstić information content (AvgIpc) is 2.83. The quantitative estimate of drug-likeness (QED) is 0.617. The van der Waals surface area contributed by atoms with Crippen molar-refractivity contribution in [2.24, 2.45) is 5.16 Å². The molecular formula is C16H12ClNO2S. The minimum Gasteiger partial charge on any atom is -0.391 e. The molecule has 0 amide bonds. The Balaban J connectivity index is 1.60. The normalized spacial score (nSPS) is 17.2. The van der Waals surface area contributed by atoms with Crippen LogP contribution in [0, 0.1) is 0 Å². The van der Waals surface area contributed by atoms with Gasteiger partial charge in [0.05, 0.1) is 11.5 Å². The Morgan fingerprint density at radius 2 is 1.95 bits per heavy atom. The van der Waals surface area contributed by atoms with Crippen molar-refractivity contribution in [2.45, 2.75) is 11.9 Å². The molecule has 21 heavy (non-hydrogen) atoms. The Morgan fingerprint density at radius 3 is 2.76 bits per heavy atom. The molecule has 106 valence electrons. The van der Waals surface area contributed by atoms with Crippen molar-refractivity contribution in [3.8, 4) is 0 Å². The van der Waals surface area contributed by atoms with Crippen molar-refractivity contribution < 1.29 is 9.63 Å². The summed E-state index contributed by atoms with van der Waals surface area (Å²) in [5, 5.41) is 4.68. The van der Waals surface area contributed by atoms with Crippen LogP contribution in [-0.4, -0.2) is 11.3 Å². The zero-order valence-corrected chi connectivity index (χ0v) is 12.6. The number of nitrogens with zero attached hydrogens (tertiary/aromatic N) is 1. The number of benzene rings is 2. The molecule has 5 heteroatoms. The molecule has 0 saturated heterocycles. The maximum Gasteiger partial charge on any atom is 0.220 e. The van der Waals surface area contributed by atoms with E-state index in [0.29, 0.717) is 11.6 Å². The number of rotatable bonds is 4. The minimum atomic E-state index is -0.0704. The molecule has 1 atom stereocenters. The number of carbonyl (C=O) groups is 1. The Bertz CT molecular complexity index is 685. The topological polar surface area (TPSA) is 38.7 Å². The second-order valence-corrected chi connectivity index (χ2v) is 6.12. The van der Waals surface area contributed by atoms with Gasteiger partial charge in [0.25, 0.3) is 0 Å². The van der Waals surface area contributed by atoms with Crippen LogP contribution in [0.1, 0.15) is 26.7 Å². The number of fused-ring (bicyclic) bond motifs is 1. The number of carbonyl (C=O) groups excluding carboxylic acids is 1. The van der Waals surface area contributed by atoms with Crippen LogP contribution >= 0.6 is 23.4 Å². The molecule has 0 spiro atoms. The molecule has 1 aliphatic heterocycles. The summed E-state index contributed by atoms with van der Waals surface area (Å²) in [7, 11) is 0. The molecule has 0 aromatic heterocycles. The first-order chi connectivity index (χ1) is 10.2. The number of halogens is 1. The SMILES string of the molecule is O=C1S[C@H](/C=N\OCc2ccc(Cl)cc2)c2ccccc21. The molecule has 3 nitrogen and oxygen atoms in total. The first-order valence-corrected chi connectivity index (χ1v) is 7.69. The van der Waals surface area contributed by atoms with Crippen molar-refractivity contribution in [1.82, 2.24) is 0 Å². The summed E-state index contributed by atoms with van der Waals surface area (Å²) in [6.45, 7) is 0.376. The third-order valence-electron chi connectivity index (χ3n) is 3.14. The maximum absolute atomic E-state index is 11.8. The van der Waals surface area contributed by atoms with E-state index < -0.39 is 0 Å². The Labute approximate surface area is 131 Å². The fourth-order valence-corrected chi connectivity index (χ4v) is 3.19. The average molecular weight is 318 g/mol. The lowest BCUT2D eigenvalue weighted by atomic mass is 10.1. The molecule has 1 heterocycles. The molecule has 0 unspecified atom stereocenters. The predicted molar refractivity (Wildman–Crippen MR) is 85.8 cm³/mol. The number of thioether (sulfide) groups is 1. The van der Waals surface area contributed by atoms with Gasteiger partial charge in [0, 0.05) is 10.6 Å². The lowest BCUT2D eigenvalue weighted by molar-refractivity contribution is 0.109. The zero-order chi connectivity index (χ0) is 14.7. The van der Waals surface area contributed by atoms with Gasteiger partial charge in [-0.1, -0.05) is 64.9 Å². The third kappa shape index (κ3) is 3.28. The highest BCUT2D eigenvalue weighted by Gasteiger charge is 2.28. The molecule has 3 rings (SSSR count). The van der Waals surface area contributed by atoms with E-state index in [9.17, 15) is 4.79 Å². The van der Waals surface area contributed by atoms with Gasteiger partial charge in [-0.05, 0) is 23.3 Å². The first-order valence-electron chi connectivity index (χ1n) is 6.44. The summed E-state index contributed by atoms with van der Waals surface area (Å²) in [6.07, 6.45) is 1.67. The predicted octanol–water partition coefficient (Wildman–Crippen LogP) is 4.47. The molecule has 0 fully saturated rings. The van der Waals surface area contributed by atoms with Gasteiger partial charge in [-0.2, -0.15) is 0 Å². The highest BCUT2D eigenvalue weighted by molar-refractivity contribution is 8.15. The van der Waals surface area contributed by atoms with Gasteiger partial charge in [-0.25, -0.2) is 0 Å². The monoisotopic (exact) mass is 317 g/mol. The van der Waals surface area contributed by atoms with Gasteiger partial charge >= 0.3 is 0 Å². The lowest BCUT2D eigenvalue weighted by Crippen LogP contribution is -1.93. The van der Waals surface area contributed by atoms with Crippen LogP contribution in [0.4, 0.5) is 0 Å². The molecule has 2 aromatic rings. The van der Waals surface area contributed by atoms with Gasteiger partial charge in [0.15, 0.2) is 0 Å².